The van der Waals surface area contributed by atoms with Crippen LogP contribution >= 0.6 is 0 Å². The summed E-state index contributed by atoms with van der Waals surface area (Å²) >= 11 is 0. The molecule has 0 aliphatic carbocycles. The summed E-state index contributed by atoms with van der Waals surface area (Å²) in [6.07, 6.45) is 16.2. The van der Waals surface area contributed by atoms with Gasteiger partial charge in [-0.3, -0.25) is 4.98 Å². The van der Waals surface area contributed by atoms with Crippen LogP contribution in [0.15, 0.2) is 211 Å². The zero-order valence-corrected chi connectivity index (χ0v) is 39.6. The highest BCUT2D eigenvalue weighted by molar-refractivity contribution is 6.11. The van der Waals surface area contributed by atoms with Gasteiger partial charge in [-0.2, -0.15) is 4.58 Å². The Hall–Kier alpha value is -8.74. The van der Waals surface area contributed by atoms with E-state index in [4.69, 9.17) is 9.40 Å². The second-order valence-electron chi connectivity index (χ2n) is 16.4. The van der Waals surface area contributed by atoms with E-state index in [0.717, 1.165) is 106 Å². The third kappa shape index (κ3) is 7.66. The van der Waals surface area contributed by atoms with Crippen LogP contribution in [0.25, 0.3) is 83.6 Å². The van der Waals surface area contributed by atoms with Crippen molar-refractivity contribution in [3.8, 4) is 44.8 Å². The van der Waals surface area contributed by atoms with Crippen LogP contribution in [-0.4, -0.2) is 20.9 Å². The maximum atomic E-state index is 11.5. The Kier molecular flexibility index (Phi) is 12.1. The monoisotopic (exact) mass is 897 g/mol. The molecule has 2 aliphatic rings. The molecule has 336 valence electrons. The molecule has 12 rings (SSSR count). The summed E-state index contributed by atoms with van der Waals surface area (Å²) in [6.45, 7) is 14.6. The van der Waals surface area contributed by atoms with Gasteiger partial charge < -0.3 is 19.0 Å². The van der Waals surface area contributed by atoms with E-state index >= 15 is 0 Å². The maximum Gasteiger partial charge on any atom is 0.219 e. The quantitative estimate of drug-likeness (QED) is 0.169. The van der Waals surface area contributed by atoms with E-state index in [2.05, 4.69) is 173 Å². The van der Waals surface area contributed by atoms with E-state index in [1.807, 2.05) is 89.4 Å². The molecule has 0 atom stereocenters. The third-order valence-electron chi connectivity index (χ3n) is 12.6. The number of rotatable bonds is 6. The van der Waals surface area contributed by atoms with Crippen LogP contribution < -0.4 is 9.48 Å². The zero-order chi connectivity index (χ0) is 47.6. The molecule has 6 nitrogen and oxygen atoms in total. The summed E-state index contributed by atoms with van der Waals surface area (Å²) < 4.78 is 11.4. The zero-order valence-electron chi connectivity index (χ0n) is 39.6. The van der Waals surface area contributed by atoms with Gasteiger partial charge in [0.05, 0.1) is 38.9 Å². The molecule has 0 fully saturated rings. The molecule has 6 heteroatoms. The Bertz CT molecular complexity index is 3670. The average molecular weight is 898 g/mol. The highest BCUT2D eigenvalue weighted by Gasteiger charge is 2.32. The van der Waals surface area contributed by atoms with Crippen LogP contribution in [0.2, 0.25) is 0 Å². The number of aromatic nitrogens is 2. The molecule has 0 bridgehead atoms. The first-order valence-corrected chi connectivity index (χ1v) is 23.8. The maximum absolute atomic E-state index is 11.5. The number of pyridine rings is 1. The molecule has 10 aromatic rings. The predicted octanol–water partition coefficient (Wildman–Crippen LogP) is 17.2. The number of hydrogen-bond acceptors (Lipinski definition) is 4. The molecule has 69 heavy (non-hydrogen) atoms. The van der Waals surface area contributed by atoms with Crippen LogP contribution in [0.3, 0.4) is 0 Å². The van der Waals surface area contributed by atoms with Gasteiger partial charge in [0.1, 0.15) is 17.1 Å². The van der Waals surface area contributed by atoms with Crippen molar-refractivity contribution in [1.82, 2.24) is 14.1 Å². The fraction of sp³-hybridized carbons (Fsp3) is 0.0794. The largest absolute Gasteiger partial charge is 0.507 e. The van der Waals surface area contributed by atoms with E-state index in [0.29, 0.717) is 0 Å². The number of aromatic hydroxyl groups is 1. The van der Waals surface area contributed by atoms with Crippen LogP contribution in [-0.2, 0) is 0 Å². The van der Waals surface area contributed by atoms with E-state index in [1.165, 1.54) is 11.1 Å². The summed E-state index contributed by atoms with van der Waals surface area (Å²) in [6, 6.07) is 56.6. The Labute approximate surface area is 403 Å². The summed E-state index contributed by atoms with van der Waals surface area (Å²) in [5, 5.41) is 13.6. The third-order valence-corrected chi connectivity index (χ3v) is 12.6. The van der Waals surface area contributed by atoms with Gasteiger partial charge in [0, 0.05) is 57.8 Å². The lowest BCUT2D eigenvalue weighted by molar-refractivity contribution is 0.477. The van der Waals surface area contributed by atoms with Gasteiger partial charge in [-0.25, -0.2) is 0 Å². The normalized spacial score (nSPS) is 13.5. The molecule has 1 N–H and O–H groups in total. The lowest BCUT2D eigenvalue weighted by Gasteiger charge is -2.26. The van der Waals surface area contributed by atoms with Gasteiger partial charge >= 0.3 is 0 Å². The van der Waals surface area contributed by atoms with Gasteiger partial charge in [-0.15, -0.1) is 0 Å². The minimum Gasteiger partial charge on any atom is -0.507 e. The highest BCUT2D eigenvalue weighted by atomic mass is 16.3. The first-order chi connectivity index (χ1) is 34.0. The van der Waals surface area contributed by atoms with E-state index < -0.39 is 0 Å². The van der Waals surface area contributed by atoms with Crippen molar-refractivity contribution < 1.29 is 9.52 Å². The van der Waals surface area contributed by atoms with E-state index in [1.54, 1.807) is 6.07 Å². The molecule has 0 saturated carbocycles. The van der Waals surface area contributed by atoms with E-state index in [9.17, 15) is 5.11 Å². The lowest BCUT2D eigenvalue weighted by Crippen LogP contribution is -2.11. The number of phenols is 1. The number of anilines is 2. The first kappa shape index (κ1) is 44.1. The number of para-hydroxylation sites is 3. The number of fused-ring (bicyclic) bond motifs is 9. The molecule has 3 aromatic heterocycles. The van der Waals surface area contributed by atoms with Gasteiger partial charge in [-0.05, 0) is 126 Å². The number of phenolic OH excluding ortho intramolecular Hbond substituents is 1. The standard InChI is InChI=1S/C59H40N4O2.2C2H6/c1-3-15-56-49(37-62-50-23-9-7-21-44(50)45-22-8-10-24-51(45)62)46-28-30-53-57(59(46)65-56)38(2)16-11-12-33-61(53)43-27-31-55(64)47(36-43)41-18-13-17-39(34-41)40-26-29-52-48(35-40)58-54(25-14-32-60-58)63(52)42-19-5-4-6-20-42;2*1-2/h3-37H,2H2,1H3;2*1-2H3/p+1/b15-3-,16-11-,33-12-;;. The van der Waals surface area contributed by atoms with E-state index in [-0.39, 0.29) is 5.75 Å². The molecule has 0 amide bonds. The van der Waals surface area contributed by atoms with Crippen molar-refractivity contribution in [3.63, 3.8) is 0 Å². The number of benzene rings is 7. The Morgan fingerprint density at radius 3 is 2.12 bits per heavy atom. The fourth-order valence-electron chi connectivity index (χ4n) is 9.67. The van der Waals surface area contributed by atoms with Gasteiger partial charge in [0.15, 0.2) is 6.21 Å². The second-order valence-corrected chi connectivity index (χ2v) is 16.4. The molecule has 0 radical (unpaired) electrons. The predicted molar refractivity (Wildman–Crippen MR) is 293 cm³/mol. The molecular weight excluding hydrogens is 845 g/mol. The lowest BCUT2D eigenvalue weighted by atomic mass is 9.96. The summed E-state index contributed by atoms with van der Waals surface area (Å²) in [5.74, 6) is 0.961. The minimum atomic E-state index is 0.194. The van der Waals surface area contributed by atoms with Gasteiger partial charge in [0.2, 0.25) is 11.4 Å². The number of hydrogen-bond donors (Lipinski definition) is 1. The molecule has 2 aliphatic heterocycles. The average Bonchev–Trinajstić information content (AvgIpc) is 4.04. The molecular formula is C63H53N4O2+. The van der Waals surface area contributed by atoms with Crippen molar-refractivity contribution >= 4 is 73.5 Å². The van der Waals surface area contributed by atoms with Crippen molar-refractivity contribution in [1.29, 1.82) is 0 Å². The van der Waals surface area contributed by atoms with Crippen LogP contribution in [0.5, 0.6) is 5.75 Å². The van der Waals surface area contributed by atoms with Crippen LogP contribution in [0, 0.1) is 0 Å². The first-order valence-electron chi connectivity index (χ1n) is 23.8. The van der Waals surface area contributed by atoms with Crippen LogP contribution in [0.1, 0.15) is 51.5 Å². The molecule has 0 spiro atoms. The van der Waals surface area contributed by atoms with Crippen molar-refractivity contribution in [2.45, 2.75) is 34.6 Å². The molecule has 0 saturated heterocycles. The highest BCUT2D eigenvalue weighted by Crippen LogP contribution is 2.47. The van der Waals surface area contributed by atoms with Crippen LogP contribution in [0.4, 0.5) is 22.7 Å². The molecule has 7 aromatic carbocycles. The second kappa shape index (κ2) is 18.9. The fourth-order valence-corrected chi connectivity index (χ4v) is 9.67. The molecule has 0 unspecified atom stereocenters. The number of nitrogens with zero attached hydrogens (tertiary/aromatic N) is 4. The summed E-state index contributed by atoms with van der Waals surface area (Å²) in [4.78, 5) is 6.98. The molecule has 5 heterocycles. The van der Waals surface area contributed by atoms with Crippen molar-refractivity contribution in [3.05, 3.63) is 224 Å². The summed E-state index contributed by atoms with van der Waals surface area (Å²) in [7, 11) is 0. The van der Waals surface area contributed by atoms with Crippen molar-refractivity contribution in [2.75, 3.05) is 4.90 Å². The van der Waals surface area contributed by atoms with Crippen molar-refractivity contribution in [2.24, 2.45) is 0 Å². The Morgan fingerprint density at radius 1 is 0.623 bits per heavy atom. The SMILES string of the molecule is C=C1/C=C\C=C/N(c2ccc(O)c(-c3cccc(-c4ccc5c(c4)c4ncccc4n5-c4ccccc4)c3)c2)c2ccc3c(C=[N+]4c5ccccc5-c5ccccc54)c(/C=C\C)oc3c21.CC.CC. The summed E-state index contributed by atoms with van der Waals surface area (Å²) in [5.41, 5.74) is 17.8. The minimum absolute atomic E-state index is 0.194. The Morgan fingerprint density at radius 2 is 1.35 bits per heavy atom. The topological polar surface area (TPSA) is 57.4 Å². The van der Waals surface area contributed by atoms with Gasteiger partial charge in [0.25, 0.3) is 0 Å². The smallest absolute Gasteiger partial charge is 0.219 e. The Balaban J connectivity index is 0.00000135. The van der Waals surface area contributed by atoms with Gasteiger partial charge in [-0.1, -0.05) is 119 Å². The number of furan rings is 1. The number of allylic oxidation sites excluding steroid dienone is 5.